The lowest BCUT2D eigenvalue weighted by Crippen LogP contribution is -1.96. The predicted octanol–water partition coefficient (Wildman–Crippen LogP) is 3.09. The second-order valence-electron chi connectivity index (χ2n) is 3.53. The third-order valence-corrected chi connectivity index (χ3v) is 1.96. The summed E-state index contributed by atoms with van der Waals surface area (Å²) in [5.74, 6) is 1.01. The molecule has 0 amide bonds. The molecule has 0 heterocycles. The van der Waals surface area contributed by atoms with Crippen LogP contribution in [0.25, 0.3) is 0 Å². The van der Waals surface area contributed by atoms with Crippen molar-refractivity contribution >= 4 is 0 Å². The minimum atomic E-state index is 0.833. The summed E-state index contributed by atoms with van der Waals surface area (Å²) >= 11 is 0. The lowest BCUT2D eigenvalue weighted by molar-refractivity contribution is 0.309. The second kappa shape index (κ2) is 8.30. The molecule has 0 aromatic heterocycles. The largest absolute Gasteiger partial charge is 0.494 e. The Morgan fingerprint density at radius 3 is 2.07 bits per heavy atom. The summed E-state index contributed by atoms with van der Waals surface area (Å²) in [6, 6.07) is 6.33. The van der Waals surface area contributed by atoms with Gasteiger partial charge in [-0.05, 0) is 43.5 Å². The molecule has 1 N–H and O–H groups in total. The average Bonchev–Trinajstić information content (AvgIpc) is 2.20. The molecule has 0 aliphatic heterocycles. The number of hydrogen-bond acceptors (Lipinski definition) is 2. The summed E-state index contributed by atoms with van der Waals surface area (Å²) in [5.41, 5.74) is 2.54. The number of aliphatic hydroxyl groups excluding tert-OH is 1. The quantitative estimate of drug-likeness (QED) is 0.774. The number of aliphatic hydroxyl groups is 1. The molecule has 1 aromatic rings. The Bertz CT molecular complexity index is 249. The minimum Gasteiger partial charge on any atom is -0.494 e. The van der Waals surface area contributed by atoms with Crippen LogP contribution in [-0.2, 0) is 0 Å². The molecule has 0 saturated heterocycles. The molecule has 0 bridgehead atoms. The Hall–Kier alpha value is -1.02. The van der Waals surface area contributed by atoms with E-state index in [0.717, 1.165) is 25.9 Å². The van der Waals surface area contributed by atoms with Gasteiger partial charge in [-0.25, -0.2) is 0 Å². The summed E-state index contributed by atoms with van der Waals surface area (Å²) in [4.78, 5) is 0. The van der Waals surface area contributed by atoms with Crippen LogP contribution in [0.4, 0.5) is 0 Å². The first-order chi connectivity index (χ1) is 7.22. The Morgan fingerprint density at radius 1 is 1.07 bits per heavy atom. The molecular weight excluding hydrogens is 188 g/mol. The van der Waals surface area contributed by atoms with Crippen molar-refractivity contribution in [1.82, 2.24) is 0 Å². The molecule has 2 heteroatoms. The van der Waals surface area contributed by atoms with E-state index < -0.39 is 0 Å². The van der Waals surface area contributed by atoms with Crippen LogP contribution in [0.5, 0.6) is 5.75 Å². The standard InChI is InChI=1S/C12H18O.CH4O/c1-4-5-6-13-12-8-10(2)7-11(3)9-12;1-2/h7-9H,4-6H2,1-3H3;2H,1H3. The van der Waals surface area contributed by atoms with Crippen molar-refractivity contribution in [3.8, 4) is 5.75 Å². The highest BCUT2D eigenvalue weighted by Gasteiger charge is 1.95. The lowest BCUT2D eigenvalue weighted by atomic mass is 10.1. The van der Waals surface area contributed by atoms with Crippen molar-refractivity contribution in [2.75, 3.05) is 13.7 Å². The second-order valence-corrected chi connectivity index (χ2v) is 3.53. The van der Waals surface area contributed by atoms with E-state index in [4.69, 9.17) is 9.84 Å². The number of aryl methyl sites for hydroxylation is 2. The smallest absolute Gasteiger partial charge is 0.119 e. The molecule has 1 rings (SSSR count). The number of benzene rings is 1. The molecule has 0 atom stereocenters. The van der Waals surface area contributed by atoms with Crippen molar-refractivity contribution in [2.24, 2.45) is 0 Å². The Labute approximate surface area is 92.9 Å². The van der Waals surface area contributed by atoms with Gasteiger partial charge in [0.15, 0.2) is 0 Å². The van der Waals surface area contributed by atoms with E-state index in [2.05, 4.69) is 39.0 Å². The normalized spacial score (nSPS) is 9.13. The van der Waals surface area contributed by atoms with Crippen LogP contribution in [0.3, 0.4) is 0 Å². The van der Waals surface area contributed by atoms with Crippen LogP contribution in [0.15, 0.2) is 18.2 Å². The third kappa shape index (κ3) is 6.13. The zero-order valence-corrected chi connectivity index (χ0v) is 10.2. The van der Waals surface area contributed by atoms with Crippen LogP contribution in [0.1, 0.15) is 30.9 Å². The molecule has 0 aliphatic rings. The van der Waals surface area contributed by atoms with E-state index >= 15 is 0 Å². The van der Waals surface area contributed by atoms with Crippen molar-refractivity contribution in [3.05, 3.63) is 29.3 Å². The van der Waals surface area contributed by atoms with Gasteiger partial charge in [0.2, 0.25) is 0 Å². The van der Waals surface area contributed by atoms with Crippen molar-refractivity contribution in [2.45, 2.75) is 33.6 Å². The van der Waals surface area contributed by atoms with Crippen LogP contribution >= 0.6 is 0 Å². The minimum absolute atomic E-state index is 0.833. The predicted molar refractivity (Wildman–Crippen MR) is 64.5 cm³/mol. The van der Waals surface area contributed by atoms with Crippen LogP contribution in [0.2, 0.25) is 0 Å². The highest BCUT2D eigenvalue weighted by atomic mass is 16.5. The first-order valence-corrected chi connectivity index (χ1v) is 5.38. The monoisotopic (exact) mass is 210 g/mol. The Morgan fingerprint density at radius 2 is 1.60 bits per heavy atom. The summed E-state index contributed by atoms with van der Waals surface area (Å²) < 4.78 is 5.61. The molecule has 0 fully saturated rings. The maximum absolute atomic E-state index is 7.00. The third-order valence-electron chi connectivity index (χ3n) is 1.96. The van der Waals surface area contributed by atoms with E-state index in [1.54, 1.807) is 0 Å². The van der Waals surface area contributed by atoms with Gasteiger partial charge in [-0.1, -0.05) is 19.4 Å². The van der Waals surface area contributed by atoms with Crippen molar-refractivity contribution in [3.63, 3.8) is 0 Å². The zero-order valence-electron chi connectivity index (χ0n) is 10.2. The fourth-order valence-electron chi connectivity index (χ4n) is 1.35. The maximum Gasteiger partial charge on any atom is 0.119 e. The van der Waals surface area contributed by atoms with Gasteiger partial charge in [0, 0.05) is 7.11 Å². The molecule has 15 heavy (non-hydrogen) atoms. The highest BCUT2D eigenvalue weighted by molar-refractivity contribution is 5.32. The lowest BCUT2D eigenvalue weighted by Gasteiger charge is -2.07. The maximum atomic E-state index is 7.00. The SMILES string of the molecule is CCCCOc1cc(C)cc(C)c1.CO. The first-order valence-electron chi connectivity index (χ1n) is 5.38. The number of hydrogen-bond donors (Lipinski definition) is 1. The molecule has 0 saturated carbocycles. The van der Waals surface area contributed by atoms with Gasteiger partial charge in [0.1, 0.15) is 5.75 Å². The Balaban J connectivity index is 0.000000921. The van der Waals surface area contributed by atoms with Crippen LogP contribution in [-0.4, -0.2) is 18.8 Å². The number of unbranched alkanes of at least 4 members (excludes halogenated alkanes) is 1. The summed E-state index contributed by atoms with van der Waals surface area (Å²) in [6.45, 7) is 7.20. The van der Waals surface area contributed by atoms with Crippen molar-refractivity contribution < 1.29 is 9.84 Å². The molecule has 0 radical (unpaired) electrons. The van der Waals surface area contributed by atoms with Gasteiger partial charge in [-0.3, -0.25) is 0 Å². The topological polar surface area (TPSA) is 29.5 Å². The van der Waals surface area contributed by atoms with Crippen molar-refractivity contribution in [1.29, 1.82) is 0 Å². The highest BCUT2D eigenvalue weighted by Crippen LogP contribution is 2.16. The van der Waals surface area contributed by atoms with Gasteiger partial charge in [0.05, 0.1) is 6.61 Å². The fraction of sp³-hybridized carbons (Fsp3) is 0.538. The Kier molecular flexibility index (Phi) is 7.74. The van der Waals surface area contributed by atoms with Gasteiger partial charge in [-0.15, -0.1) is 0 Å². The summed E-state index contributed by atoms with van der Waals surface area (Å²) in [7, 11) is 1.00. The first kappa shape index (κ1) is 14.0. The van der Waals surface area contributed by atoms with E-state index in [1.165, 1.54) is 17.5 Å². The van der Waals surface area contributed by atoms with Gasteiger partial charge in [0.25, 0.3) is 0 Å². The number of rotatable bonds is 4. The van der Waals surface area contributed by atoms with E-state index in [-0.39, 0.29) is 0 Å². The van der Waals surface area contributed by atoms with Gasteiger partial charge in [-0.2, -0.15) is 0 Å². The summed E-state index contributed by atoms with van der Waals surface area (Å²) in [5, 5.41) is 7.00. The van der Waals surface area contributed by atoms with E-state index in [0.29, 0.717) is 0 Å². The van der Waals surface area contributed by atoms with Crippen LogP contribution in [0, 0.1) is 13.8 Å². The molecule has 0 aliphatic carbocycles. The molecule has 86 valence electrons. The van der Waals surface area contributed by atoms with Gasteiger partial charge < -0.3 is 9.84 Å². The van der Waals surface area contributed by atoms with E-state index in [1.807, 2.05) is 0 Å². The molecule has 0 unspecified atom stereocenters. The number of ether oxygens (including phenoxy) is 1. The fourth-order valence-corrected chi connectivity index (χ4v) is 1.35. The molecule has 1 aromatic carbocycles. The summed E-state index contributed by atoms with van der Waals surface area (Å²) in [6.07, 6.45) is 2.32. The molecule has 2 nitrogen and oxygen atoms in total. The average molecular weight is 210 g/mol. The zero-order chi connectivity index (χ0) is 11.7. The van der Waals surface area contributed by atoms with E-state index in [9.17, 15) is 0 Å². The van der Waals surface area contributed by atoms with Gasteiger partial charge >= 0.3 is 0 Å². The molecular formula is C13H22O2. The molecule has 0 spiro atoms. The van der Waals surface area contributed by atoms with Crippen LogP contribution < -0.4 is 4.74 Å².